The predicted molar refractivity (Wildman–Crippen MR) is 63.2 cm³/mol. The van der Waals surface area contributed by atoms with Crippen molar-refractivity contribution in [2.45, 2.75) is 18.9 Å². The van der Waals surface area contributed by atoms with Crippen molar-refractivity contribution >= 4 is 17.5 Å². The van der Waals surface area contributed by atoms with Crippen molar-refractivity contribution in [2.24, 2.45) is 0 Å². The number of ether oxygens (including phenoxy) is 1. The third-order valence-corrected chi connectivity index (χ3v) is 3.25. The Balaban J connectivity index is 1.89. The summed E-state index contributed by atoms with van der Waals surface area (Å²) in [6.07, 6.45) is 4.27. The van der Waals surface area contributed by atoms with Crippen molar-refractivity contribution in [3.05, 3.63) is 18.5 Å². The van der Waals surface area contributed by atoms with E-state index in [-0.39, 0.29) is 17.9 Å². The zero-order valence-corrected chi connectivity index (χ0v) is 9.76. The summed E-state index contributed by atoms with van der Waals surface area (Å²) in [7, 11) is 0. The molecule has 1 N–H and O–H groups in total. The number of hydrogen-bond donors (Lipinski definition) is 1. The summed E-state index contributed by atoms with van der Waals surface area (Å²) < 4.78 is 5.52. The van der Waals surface area contributed by atoms with Crippen LogP contribution in [0.5, 0.6) is 5.75 Å². The normalized spacial score (nSPS) is 23.1. The van der Waals surface area contributed by atoms with Crippen LogP contribution in [0.3, 0.4) is 0 Å². The fourth-order valence-corrected chi connectivity index (χ4v) is 2.39. The molecular formula is C12H13N3O3. The van der Waals surface area contributed by atoms with Gasteiger partial charge in [-0.25, -0.2) is 0 Å². The van der Waals surface area contributed by atoms with Gasteiger partial charge in [-0.2, -0.15) is 0 Å². The first-order valence-electron chi connectivity index (χ1n) is 5.93. The summed E-state index contributed by atoms with van der Waals surface area (Å²) in [5.41, 5.74) is 0.818. The molecule has 2 amide bonds. The Labute approximate surface area is 104 Å². The molecule has 0 aliphatic carbocycles. The number of hydrogen-bond acceptors (Lipinski definition) is 5. The number of fused-ring (bicyclic) bond motifs is 1. The second-order valence-electron chi connectivity index (χ2n) is 4.35. The van der Waals surface area contributed by atoms with Gasteiger partial charge in [0, 0.05) is 18.7 Å². The maximum Gasteiger partial charge on any atom is 0.249 e. The molecule has 0 bridgehead atoms. The fourth-order valence-electron chi connectivity index (χ4n) is 2.39. The molecule has 1 aromatic heterocycles. The Morgan fingerprint density at radius 1 is 1.44 bits per heavy atom. The van der Waals surface area contributed by atoms with Crippen LogP contribution < -0.4 is 15.0 Å². The van der Waals surface area contributed by atoms with Crippen LogP contribution in [-0.2, 0) is 9.59 Å². The van der Waals surface area contributed by atoms with E-state index in [0.717, 1.165) is 11.4 Å². The van der Waals surface area contributed by atoms with Crippen molar-refractivity contribution in [3.8, 4) is 5.75 Å². The second kappa shape index (κ2) is 4.29. The highest BCUT2D eigenvalue weighted by atomic mass is 16.5. The number of carbonyl (C=O) groups excluding carboxylic acids is 2. The minimum absolute atomic E-state index is 0.198. The molecule has 0 radical (unpaired) electrons. The van der Waals surface area contributed by atoms with Crippen molar-refractivity contribution in [2.75, 3.05) is 18.1 Å². The number of nitrogens with one attached hydrogen (secondary N) is 1. The van der Waals surface area contributed by atoms with Crippen LogP contribution in [0.15, 0.2) is 18.5 Å². The molecule has 1 aromatic rings. The average molecular weight is 247 g/mol. The lowest BCUT2D eigenvalue weighted by atomic mass is 10.0. The first-order valence-corrected chi connectivity index (χ1v) is 5.93. The minimum Gasteiger partial charge on any atom is -0.489 e. The van der Waals surface area contributed by atoms with Crippen molar-refractivity contribution < 1.29 is 14.3 Å². The van der Waals surface area contributed by atoms with Gasteiger partial charge in [-0.1, -0.05) is 0 Å². The van der Waals surface area contributed by atoms with Gasteiger partial charge in [0.2, 0.25) is 11.8 Å². The summed E-state index contributed by atoms with van der Waals surface area (Å²) in [6.45, 7) is 1.17. The fraction of sp³-hybridized carbons (Fsp3) is 0.417. The lowest BCUT2D eigenvalue weighted by Crippen LogP contribution is -2.54. The van der Waals surface area contributed by atoms with E-state index in [1.54, 1.807) is 18.5 Å². The Kier molecular flexibility index (Phi) is 2.62. The average Bonchev–Trinajstić information content (AvgIpc) is 2.38. The number of aromatic nitrogens is 1. The molecule has 6 heteroatoms. The van der Waals surface area contributed by atoms with Crippen LogP contribution >= 0.6 is 0 Å². The number of anilines is 1. The van der Waals surface area contributed by atoms with E-state index in [0.29, 0.717) is 26.0 Å². The Bertz CT molecular complexity index is 503. The standard InChI is InChI=1S/C12H13N3O3/c16-11-2-1-8(12(17)14-11)15-5-6-18-10-3-4-13-7-9(10)15/h3-4,7-8H,1-2,5-6H2,(H,14,16,17). The molecule has 1 fully saturated rings. The van der Waals surface area contributed by atoms with E-state index >= 15 is 0 Å². The van der Waals surface area contributed by atoms with Crippen LogP contribution in [0.1, 0.15) is 12.8 Å². The molecule has 3 rings (SSSR count). The topological polar surface area (TPSA) is 71.5 Å². The number of pyridine rings is 1. The molecule has 0 spiro atoms. The first-order chi connectivity index (χ1) is 8.75. The summed E-state index contributed by atoms with van der Waals surface area (Å²) >= 11 is 0. The van der Waals surface area contributed by atoms with Crippen LogP contribution in [0, 0.1) is 0 Å². The highest BCUT2D eigenvalue weighted by Crippen LogP contribution is 2.32. The molecule has 1 saturated heterocycles. The number of nitrogens with zero attached hydrogens (tertiary/aromatic N) is 2. The van der Waals surface area contributed by atoms with E-state index in [1.807, 2.05) is 4.90 Å². The van der Waals surface area contributed by atoms with E-state index in [1.165, 1.54) is 0 Å². The molecule has 18 heavy (non-hydrogen) atoms. The number of imide groups is 1. The van der Waals surface area contributed by atoms with E-state index < -0.39 is 0 Å². The van der Waals surface area contributed by atoms with E-state index in [2.05, 4.69) is 10.3 Å². The van der Waals surface area contributed by atoms with Gasteiger partial charge >= 0.3 is 0 Å². The summed E-state index contributed by atoms with van der Waals surface area (Å²) in [5.74, 6) is 0.305. The highest BCUT2D eigenvalue weighted by Gasteiger charge is 2.34. The van der Waals surface area contributed by atoms with Gasteiger partial charge in [0.15, 0.2) is 0 Å². The van der Waals surface area contributed by atoms with Crippen molar-refractivity contribution in [1.82, 2.24) is 10.3 Å². The predicted octanol–water partition coefficient (Wildman–Crippen LogP) is 0.0856. The van der Waals surface area contributed by atoms with E-state index in [9.17, 15) is 9.59 Å². The molecular weight excluding hydrogens is 234 g/mol. The Morgan fingerprint density at radius 3 is 3.17 bits per heavy atom. The van der Waals surface area contributed by atoms with Crippen LogP contribution in [0.4, 0.5) is 5.69 Å². The molecule has 1 atom stereocenters. The molecule has 0 aromatic carbocycles. The largest absolute Gasteiger partial charge is 0.489 e. The quantitative estimate of drug-likeness (QED) is 0.712. The minimum atomic E-state index is -0.311. The summed E-state index contributed by atoms with van der Waals surface area (Å²) in [5, 5.41) is 2.38. The SMILES string of the molecule is O=C1CCC(N2CCOc3ccncc32)C(=O)N1. The lowest BCUT2D eigenvalue weighted by molar-refractivity contribution is -0.134. The smallest absolute Gasteiger partial charge is 0.249 e. The zero-order chi connectivity index (χ0) is 12.5. The Hall–Kier alpha value is -2.11. The number of rotatable bonds is 1. The van der Waals surface area contributed by atoms with Gasteiger partial charge in [0.1, 0.15) is 18.4 Å². The number of carbonyl (C=O) groups is 2. The molecule has 6 nitrogen and oxygen atoms in total. The summed E-state index contributed by atoms with van der Waals surface area (Å²) in [6, 6.07) is 1.47. The third kappa shape index (κ3) is 1.79. The molecule has 94 valence electrons. The monoisotopic (exact) mass is 247 g/mol. The van der Waals surface area contributed by atoms with Crippen LogP contribution in [0.25, 0.3) is 0 Å². The van der Waals surface area contributed by atoms with Gasteiger partial charge in [0.25, 0.3) is 0 Å². The lowest BCUT2D eigenvalue weighted by Gasteiger charge is -2.37. The first kappa shape index (κ1) is 11.0. The number of amides is 2. The summed E-state index contributed by atoms with van der Waals surface area (Å²) in [4.78, 5) is 29.1. The molecule has 0 saturated carbocycles. The molecule has 1 unspecified atom stereocenters. The van der Waals surface area contributed by atoms with Crippen molar-refractivity contribution in [3.63, 3.8) is 0 Å². The van der Waals surface area contributed by atoms with Gasteiger partial charge < -0.3 is 9.64 Å². The van der Waals surface area contributed by atoms with Gasteiger partial charge in [-0.05, 0) is 6.42 Å². The van der Waals surface area contributed by atoms with Crippen molar-refractivity contribution in [1.29, 1.82) is 0 Å². The van der Waals surface area contributed by atoms with Crippen LogP contribution in [-0.4, -0.2) is 36.0 Å². The van der Waals surface area contributed by atoms with Gasteiger partial charge in [-0.15, -0.1) is 0 Å². The highest BCUT2D eigenvalue weighted by molar-refractivity contribution is 6.01. The number of piperidine rings is 1. The maximum atomic E-state index is 11.9. The second-order valence-corrected chi connectivity index (χ2v) is 4.35. The van der Waals surface area contributed by atoms with Crippen LogP contribution in [0.2, 0.25) is 0 Å². The third-order valence-electron chi connectivity index (χ3n) is 3.25. The van der Waals surface area contributed by atoms with E-state index in [4.69, 9.17) is 4.74 Å². The van der Waals surface area contributed by atoms with Gasteiger partial charge in [-0.3, -0.25) is 19.9 Å². The van der Waals surface area contributed by atoms with Gasteiger partial charge in [0.05, 0.1) is 18.4 Å². The Morgan fingerprint density at radius 2 is 2.33 bits per heavy atom. The molecule has 3 heterocycles. The molecule has 2 aliphatic rings. The molecule has 2 aliphatic heterocycles. The maximum absolute atomic E-state index is 11.9. The zero-order valence-electron chi connectivity index (χ0n) is 9.76.